The van der Waals surface area contributed by atoms with Gasteiger partial charge >= 0.3 is 0 Å². The van der Waals surface area contributed by atoms with Crippen molar-refractivity contribution >= 4 is 17.7 Å². The molecule has 0 aliphatic heterocycles. The number of rotatable bonds is 7. The summed E-state index contributed by atoms with van der Waals surface area (Å²) in [5, 5.41) is 6.75. The highest BCUT2D eigenvalue weighted by atomic mass is 32.2. The lowest BCUT2D eigenvalue weighted by atomic mass is 10.1. The molecule has 134 valence electrons. The van der Waals surface area contributed by atoms with E-state index in [0.717, 1.165) is 23.9 Å². The fourth-order valence-corrected chi connectivity index (χ4v) is 3.36. The van der Waals surface area contributed by atoms with Crippen LogP contribution in [0.4, 0.5) is 0 Å². The van der Waals surface area contributed by atoms with Crippen LogP contribution >= 0.6 is 11.8 Å². The first-order valence-corrected chi connectivity index (χ1v) is 9.54. The minimum atomic E-state index is 0.694. The van der Waals surface area contributed by atoms with E-state index in [1.54, 1.807) is 13.2 Å². The highest BCUT2D eigenvalue weighted by Gasteiger charge is 2.05. The monoisotopic (exact) mass is 365 g/mol. The zero-order valence-corrected chi connectivity index (χ0v) is 15.6. The Morgan fingerprint density at radius 3 is 2.65 bits per heavy atom. The van der Waals surface area contributed by atoms with Gasteiger partial charge in [-0.25, -0.2) is 4.98 Å². The smallest absolute Gasteiger partial charge is 0.191 e. The van der Waals surface area contributed by atoms with E-state index < -0.39 is 0 Å². The number of guanidine groups is 1. The van der Waals surface area contributed by atoms with Gasteiger partial charge in [0.1, 0.15) is 0 Å². The lowest BCUT2D eigenvalue weighted by Crippen LogP contribution is -2.38. The molecule has 1 aromatic heterocycles. The minimum absolute atomic E-state index is 0.694. The van der Waals surface area contributed by atoms with E-state index in [-0.39, 0.29) is 0 Å². The summed E-state index contributed by atoms with van der Waals surface area (Å²) in [7, 11) is 1.79. The van der Waals surface area contributed by atoms with Crippen molar-refractivity contribution in [3.05, 3.63) is 78.9 Å². The number of hydrogen-bond acceptors (Lipinski definition) is 3. The molecular formula is C20H23N5S. The van der Waals surface area contributed by atoms with Gasteiger partial charge in [-0.05, 0) is 23.8 Å². The van der Waals surface area contributed by atoms with Crippen molar-refractivity contribution < 1.29 is 0 Å². The predicted octanol–water partition coefficient (Wildman–Crippen LogP) is 3.33. The van der Waals surface area contributed by atoms with Crippen molar-refractivity contribution in [2.45, 2.75) is 11.4 Å². The van der Waals surface area contributed by atoms with Crippen molar-refractivity contribution in [1.82, 2.24) is 20.2 Å². The van der Waals surface area contributed by atoms with Gasteiger partial charge in [0, 0.05) is 43.2 Å². The summed E-state index contributed by atoms with van der Waals surface area (Å²) in [6.45, 7) is 1.54. The quantitative estimate of drug-likeness (QED) is 0.292. The fraction of sp³-hybridized carbons (Fsp3) is 0.200. The van der Waals surface area contributed by atoms with Crippen LogP contribution in [0.1, 0.15) is 5.56 Å². The van der Waals surface area contributed by atoms with Gasteiger partial charge in [0.25, 0.3) is 0 Å². The summed E-state index contributed by atoms with van der Waals surface area (Å²) in [5.41, 5.74) is 2.31. The van der Waals surface area contributed by atoms with Crippen LogP contribution in [0.15, 0.2) is 83.2 Å². The standard InChI is InChI=1S/C20H23N5S/c1-21-20(23-12-14-26-18-8-3-2-4-9-18)24-15-17-7-5-6-10-19(17)25-13-11-22-16-25/h2-11,13,16H,12,14-15H2,1H3,(H2,21,23,24). The molecule has 3 aromatic rings. The van der Waals surface area contributed by atoms with Gasteiger partial charge in [0.05, 0.1) is 12.0 Å². The highest BCUT2D eigenvalue weighted by molar-refractivity contribution is 7.99. The molecule has 0 fully saturated rings. The van der Waals surface area contributed by atoms with Gasteiger partial charge in [-0.1, -0.05) is 36.4 Å². The molecule has 0 spiro atoms. The maximum absolute atomic E-state index is 4.31. The summed E-state index contributed by atoms with van der Waals surface area (Å²) >= 11 is 1.83. The molecule has 0 aliphatic rings. The molecule has 0 atom stereocenters. The Morgan fingerprint density at radius 1 is 1.08 bits per heavy atom. The summed E-state index contributed by atoms with van der Waals surface area (Å²) in [5.74, 6) is 1.79. The van der Waals surface area contributed by atoms with E-state index in [1.807, 2.05) is 47.1 Å². The second kappa shape index (κ2) is 9.68. The average Bonchev–Trinajstić information content (AvgIpc) is 3.23. The Morgan fingerprint density at radius 2 is 1.88 bits per heavy atom. The lowest BCUT2D eigenvalue weighted by Gasteiger charge is -2.14. The number of aromatic nitrogens is 2. The van der Waals surface area contributed by atoms with Gasteiger partial charge in [-0.2, -0.15) is 0 Å². The zero-order valence-electron chi connectivity index (χ0n) is 14.8. The molecule has 0 saturated heterocycles. The summed E-state index contributed by atoms with van der Waals surface area (Å²) in [6, 6.07) is 18.7. The molecule has 2 aromatic carbocycles. The van der Waals surface area contributed by atoms with Crippen LogP contribution in [-0.2, 0) is 6.54 Å². The average molecular weight is 366 g/mol. The molecule has 5 nitrogen and oxygen atoms in total. The molecule has 1 heterocycles. The van der Waals surface area contributed by atoms with Crippen LogP contribution < -0.4 is 10.6 Å². The maximum atomic E-state index is 4.31. The fourth-order valence-electron chi connectivity index (χ4n) is 2.57. The number of hydrogen-bond donors (Lipinski definition) is 2. The third-order valence-electron chi connectivity index (χ3n) is 3.85. The van der Waals surface area contributed by atoms with Crippen molar-refractivity contribution in [2.24, 2.45) is 4.99 Å². The number of aliphatic imine (C=N–C) groups is 1. The Labute approximate surface area is 158 Å². The summed E-state index contributed by atoms with van der Waals surface area (Å²) in [6.07, 6.45) is 5.55. The normalized spacial score (nSPS) is 11.3. The van der Waals surface area contributed by atoms with E-state index in [1.165, 1.54) is 10.5 Å². The topological polar surface area (TPSA) is 54.2 Å². The second-order valence-corrected chi connectivity index (χ2v) is 6.78. The molecule has 0 aliphatic carbocycles. The van der Waals surface area contributed by atoms with Crippen LogP contribution in [-0.4, -0.2) is 34.9 Å². The summed E-state index contributed by atoms with van der Waals surface area (Å²) < 4.78 is 2.02. The molecule has 0 saturated carbocycles. The van der Waals surface area contributed by atoms with Crippen molar-refractivity contribution in [3.8, 4) is 5.69 Å². The van der Waals surface area contributed by atoms with Gasteiger partial charge < -0.3 is 15.2 Å². The van der Waals surface area contributed by atoms with Gasteiger partial charge in [0.15, 0.2) is 5.96 Å². The van der Waals surface area contributed by atoms with Crippen molar-refractivity contribution in [1.29, 1.82) is 0 Å². The molecule has 0 unspecified atom stereocenters. The molecule has 0 bridgehead atoms. The third-order valence-corrected chi connectivity index (χ3v) is 4.86. The van der Waals surface area contributed by atoms with E-state index in [2.05, 4.69) is 57.0 Å². The molecule has 2 N–H and O–H groups in total. The Bertz CT molecular complexity index is 815. The highest BCUT2D eigenvalue weighted by Crippen LogP contribution is 2.16. The van der Waals surface area contributed by atoms with Crippen LogP contribution in [0.25, 0.3) is 5.69 Å². The number of thioether (sulfide) groups is 1. The van der Waals surface area contributed by atoms with E-state index in [0.29, 0.717) is 6.54 Å². The van der Waals surface area contributed by atoms with Gasteiger partial charge in [0.2, 0.25) is 0 Å². The Hall–Kier alpha value is -2.73. The van der Waals surface area contributed by atoms with E-state index in [4.69, 9.17) is 0 Å². The zero-order chi connectivity index (χ0) is 18.0. The van der Waals surface area contributed by atoms with Crippen LogP contribution in [0.2, 0.25) is 0 Å². The van der Waals surface area contributed by atoms with Crippen LogP contribution in [0.5, 0.6) is 0 Å². The molecule has 26 heavy (non-hydrogen) atoms. The molecule has 6 heteroatoms. The third kappa shape index (κ3) is 5.13. The number of imidazole rings is 1. The molecule has 3 rings (SSSR count). The molecular weight excluding hydrogens is 342 g/mol. The first-order chi connectivity index (χ1) is 12.9. The Kier molecular flexibility index (Phi) is 6.73. The minimum Gasteiger partial charge on any atom is -0.356 e. The number of nitrogens with zero attached hydrogens (tertiary/aromatic N) is 3. The largest absolute Gasteiger partial charge is 0.356 e. The second-order valence-electron chi connectivity index (χ2n) is 5.61. The first-order valence-electron chi connectivity index (χ1n) is 8.55. The van der Waals surface area contributed by atoms with E-state index in [9.17, 15) is 0 Å². The Balaban J connectivity index is 1.49. The van der Waals surface area contributed by atoms with E-state index >= 15 is 0 Å². The van der Waals surface area contributed by atoms with Gasteiger partial charge in [-0.15, -0.1) is 11.8 Å². The summed E-state index contributed by atoms with van der Waals surface area (Å²) in [4.78, 5) is 9.72. The van der Waals surface area contributed by atoms with Gasteiger partial charge in [-0.3, -0.25) is 4.99 Å². The lowest BCUT2D eigenvalue weighted by molar-refractivity contribution is 0.825. The number of nitrogens with one attached hydrogen (secondary N) is 2. The number of para-hydroxylation sites is 1. The predicted molar refractivity (Wildman–Crippen MR) is 109 cm³/mol. The SMILES string of the molecule is CN=C(NCCSc1ccccc1)NCc1ccccc1-n1ccnc1. The first kappa shape index (κ1) is 18.1. The maximum Gasteiger partial charge on any atom is 0.191 e. The van der Waals surface area contributed by atoms with Crippen molar-refractivity contribution in [3.63, 3.8) is 0 Å². The molecule has 0 amide bonds. The van der Waals surface area contributed by atoms with Crippen LogP contribution in [0, 0.1) is 0 Å². The van der Waals surface area contributed by atoms with Crippen LogP contribution in [0.3, 0.4) is 0 Å². The number of benzene rings is 2. The molecule has 0 radical (unpaired) electrons. The van der Waals surface area contributed by atoms with Crippen molar-refractivity contribution in [2.75, 3.05) is 19.3 Å².